The largest absolute Gasteiger partial charge is 0.341 e. The summed E-state index contributed by atoms with van der Waals surface area (Å²) in [5.74, 6) is 1.03. The molecule has 0 spiro atoms. The predicted molar refractivity (Wildman–Crippen MR) is 62.7 cm³/mol. The van der Waals surface area contributed by atoms with Crippen LogP contribution in [0.1, 0.15) is 19.7 Å². The first kappa shape index (κ1) is 10.2. The standard InChI is InChI=1S/C12H17N3/c1-9(2)15(3)8-12-13-10-6-4-5-7-11(10)14-12/h4-7,9H,8H2,1-3H3,(H,13,14). The number of rotatable bonds is 3. The predicted octanol–water partition coefficient (Wildman–Crippen LogP) is 2.40. The minimum atomic E-state index is 0.540. The number of aromatic amines is 1. The smallest absolute Gasteiger partial charge is 0.121 e. The molecule has 15 heavy (non-hydrogen) atoms. The molecule has 1 aromatic heterocycles. The average molecular weight is 203 g/mol. The zero-order chi connectivity index (χ0) is 10.8. The van der Waals surface area contributed by atoms with Gasteiger partial charge in [-0.1, -0.05) is 12.1 Å². The molecule has 2 aromatic rings. The first-order valence-electron chi connectivity index (χ1n) is 5.30. The first-order valence-corrected chi connectivity index (χ1v) is 5.30. The third-order valence-electron chi connectivity index (χ3n) is 2.72. The van der Waals surface area contributed by atoms with Crippen LogP contribution in [0.3, 0.4) is 0 Å². The van der Waals surface area contributed by atoms with Gasteiger partial charge >= 0.3 is 0 Å². The highest BCUT2D eigenvalue weighted by Crippen LogP contribution is 2.11. The Balaban J connectivity index is 2.22. The molecule has 0 atom stereocenters. The number of H-pyrrole nitrogens is 1. The Morgan fingerprint density at radius 3 is 2.73 bits per heavy atom. The summed E-state index contributed by atoms with van der Waals surface area (Å²) in [6.45, 7) is 5.23. The molecule has 0 aliphatic rings. The summed E-state index contributed by atoms with van der Waals surface area (Å²) in [6.07, 6.45) is 0. The van der Waals surface area contributed by atoms with Crippen molar-refractivity contribution in [1.82, 2.24) is 14.9 Å². The fourth-order valence-electron chi connectivity index (χ4n) is 1.50. The summed E-state index contributed by atoms with van der Waals surface area (Å²) in [4.78, 5) is 10.1. The number of hydrogen-bond acceptors (Lipinski definition) is 2. The average Bonchev–Trinajstić information content (AvgIpc) is 2.59. The maximum Gasteiger partial charge on any atom is 0.121 e. The molecule has 1 heterocycles. The Bertz CT molecular complexity index is 412. The zero-order valence-electron chi connectivity index (χ0n) is 9.49. The topological polar surface area (TPSA) is 31.9 Å². The summed E-state index contributed by atoms with van der Waals surface area (Å²) in [7, 11) is 2.11. The Morgan fingerprint density at radius 1 is 1.33 bits per heavy atom. The molecule has 0 fully saturated rings. The summed E-state index contributed by atoms with van der Waals surface area (Å²) >= 11 is 0. The number of nitrogens with zero attached hydrogens (tertiary/aromatic N) is 2. The van der Waals surface area contributed by atoms with Gasteiger partial charge in [0, 0.05) is 6.04 Å². The third-order valence-corrected chi connectivity index (χ3v) is 2.72. The quantitative estimate of drug-likeness (QED) is 0.830. The number of fused-ring (bicyclic) bond motifs is 1. The first-order chi connectivity index (χ1) is 7.16. The third kappa shape index (κ3) is 2.18. The highest BCUT2D eigenvalue weighted by atomic mass is 15.1. The van der Waals surface area contributed by atoms with Gasteiger partial charge in [-0.2, -0.15) is 0 Å². The lowest BCUT2D eigenvalue weighted by Crippen LogP contribution is -2.26. The normalized spacial score (nSPS) is 11.8. The second-order valence-corrected chi connectivity index (χ2v) is 4.21. The van der Waals surface area contributed by atoms with Crippen LogP contribution >= 0.6 is 0 Å². The van der Waals surface area contributed by atoms with Crippen LogP contribution in [-0.4, -0.2) is 28.0 Å². The van der Waals surface area contributed by atoms with E-state index in [4.69, 9.17) is 0 Å². The molecule has 3 heteroatoms. The molecule has 1 aromatic carbocycles. The Hall–Kier alpha value is -1.35. The molecule has 0 amide bonds. The van der Waals surface area contributed by atoms with Crippen LogP contribution in [0.5, 0.6) is 0 Å². The summed E-state index contributed by atoms with van der Waals surface area (Å²) in [6, 6.07) is 8.67. The van der Waals surface area contributed by atoms with Crippen molar-refractivity contribution >= 4 is 11.0 Å². The van der Waals surface area contributed by atoms with E-state index in [-0.39, 0.29) is 0 Å². The molecule has 2 rings (SSSR count). The number of aromatic nitrogens is 2. The second kappa shape index (κ2) is 4.03. The van der Waals surface area contributed by atoms with E-state index in [9.17, 15) is 0 Å². The van der Waals surface area contributed by atoms with Crippen LogP contribution in [0.15, 0.2) is 24.3 Å². The molecule has 3 nitrogen and oxygen atoms in total. The monoisotopic (exact) mass is 203 g/mol. The van der Waals surface area contributed by atoms with Gasteiger partial charge < -0.3 is 4.98 Å². The minimum absolute atomic E-state index is 0.540. The van der Waals surface area contributed by atoms with Crippen LogP contribution in [0, 0.1) is 0 Å². The Labute approximate surface area is 90.1 Å². The van der Waals surface area contributed by atoms with Crippen molar-refractivity contribution in [2.24, 2.45) is 0 Å². The Kier molecular flexibility index (Phi) is 2.73. The van der Waals surface area contributed by atoms with Gasteiger partial charge in [0.2, 0.25) is 0 Å². The van der Waals surface area contributed by atoms with Crippen LogP contribution in [0.4, 0.5) is 0 Å². The molecule has 0 aliphatic carbocycles. The lowest BCUT2D eigenvalue weighted by Gasteiger charge is -2.19. The fraction of sp³-hybridized carbons (Fsp3) is 0.417. The van der Waals surface area contributed by atoms with E-state index in [1.807, 2.05) is 18.2 Å². The van der Waals surface area contributed by atoms with E-state index >= 15 is 0 Å². The number of para-hydroxylation sites is 2. The van der Waals surface area contributed by atoms with Crippen molar-refractivity contribution in [2.45, 2.75) is 26.4 Å². The summed E-state index contributed by atoms with van der Waals surface area (Å²) < 4.78 is 0. The number of benzene rings is 1. The van der Waals surface area contributed by atoms with Gasteiger partial charge in [0.1, 0.15) is 5.82 Å². The van der Waals surface area contributed by atoms with Gasteiger partial charge in [0.25, 0.3) is 0 Å². The van der Waals surface area contributed by atoms with Crippen molar-refractivity contribution < 1.29 is 0 Å². The molecule has 0 saturated heterocycles. The SMILES string of the molecule is CC(C)N(C)Cc1nc2ccccc2[nH]1. The fourth-order valence-corrected chi connectivity index (χ4v) is 1.50. The van der Waals surface area contributed by atoms with Crippen LogP contribution in [-0.2, 0) is 6.54 Å². The number of imidazole rings is 1. The van der Waals surface area contributed by atoms with Gasteiger partial charge in [0.05, 0.1) is 17.6 Å². The lowest BCUT2D eigenvalue weighted by atomic mass is 10.3. The van der Waals surface area contributed by atoms with Crippen LogP contribution in [0.25, 0.3) is 11.0 Å². The van der Waals surface area contributed by atoms with Gasteiger partial charge in [-0.15, -0.1) is 0 Å². The van der Waals surface area contributed by atoms with E-state index in [0.717, 1.165) is 23.4 Å². The van der Waals surface area contributed by atoms with E-state index in [1.165, 1.54) is 0 Å². The Morgan fingerprint density at radius 2 is 2.07 bits per heavy atom. The highest BCUT2D eigenvalue weighted by Gasteiger charge is 2.07. The lowest BCUT2D eigenvalue weighted by molar-refractivity contribution is 0.260. The van der Waals surface area contributed by atoms with Gasteiger partial charge in [-0.05, 0) is 33.0 Å². The van der Waals surface area contributed by atoms with E-state index in [2.05, 4.69) is 41.8 Å². The van der Waals surface area contributed by atoms with E-state index < -0.39 is 0 Å². The second-order valence-electron chi connectivity index (χ2n) is 4.21. The molecule has 0 aliphatic heterocycles. The van der Waals surface area contributed by atoms with Gasteiger partial charge in [-0.25, -0.2) is 4.98 Å². The molecule has 80 valence electrons. The summed E-state index contributed by atoms with van der Waals surface area (Å²) in [5, 5.41) is 0. The molecular formula is C12H17N3. The molecule has 1 N–H and O–H groups in total. The minimum Gasteiger partial charge on any atom is -0.341 e. The van der Waals surface area contributed by atoms with Crippen LogP contribution in [0.2, 0.25) is 0 Å². The van der Waals surface area contributed by atoms with Crippen molar-refractivity contribution in [3.63, 3.8) is 0 Å². The molecule has 0 unspecified atom stereocenters. The zero-order valence-corrected chi connectivity index (χ0v) is 9.49. The molecule has 0 bridgehead atoms. The molecule has 0 saturated carbocycles. The van der Waals surface area contributed by atoms with Gasteiger partial charge in [-0.3, -0.25) is 4.90 Å². The van der Waals surface area contributed by atoms with Crippen LogP contribution < -0.4 is 0 Å². The number of hydrogen-bond donors (Lipinski definition) is 1. The van der Waals surface area contributed by atoms with Gasteiger partial charge in [0.15, 0.2) is 0 Å². The van der Waals surface area contributed by atoms with Crippen molar-refractivity contribution in [3.8, 4) is 0 Å². The number of nitrogens with one attached hydrogen (secondary N) is 1. The molecule has 0 radical (unpaired) electrons. The maximum atomic E-state index is 4.54. The van der Waals surface area contributed by atoms with Crippen molar-refractivity contribution in [2.75, 3.05) is 7.05 Å². The van der Waals surface area contributed by atoms with E-state index in [0.29, 0.717) is 6.04 Å². The summed E-state index contributed by atoms with van der Waals surface area (Å²) in [5.41, 5.74) is 2.16. The van der Waals surface area contributed by atoms with E-state index in [1.54, 1.807) is 0 Å². The van der Waals surface area contributed by atoms with Crippen molar-refractivity contribution in [1.29, 1.82) is 0 Å². The maximum absolute atomic E-state index is 4.54. The highest BCUT2D eigenvalue weighted by molar-refractivity contribution is 5.74. The van der Waals surface area contributed by atoms with Crippen molar-refractivity contribution in [3.05, 3.63) is 30.1 Å². The molecular weight excluding hydrogens is 186 g/mol.